The first kappa shape index (κ1) is 27.9. The number of hydrogen-bond acceptors (Lipinski definition) is 8. The monoisotopic (exact) mass is 526 g/mol. The molecule has 194 valence electrons. The van der Waals surface area contributed by atoms with Gasteiger partial charge in [0.1, 0.15) is 23.5 Å². The van der Waals surface area contributed by atoms with Gasteiger partial charge in [-0.2, -0.15) is 0 Å². The third-order valence-electron chi connectivity index (χ3n) is 5.02. The second-order valence-corrected chi connectivity index (χ2v) is 11.1. The van der Waals surface area contributed by atoms with Gasteiger partial charge >= 0.3 is 0 Å². The molecule has 0 aliphatic rings. The van der Waals surface area contributed by atoms with Gasteiger partial charge in [-0.25, -0.2) is 14.4 Å². The quantitative estimate of drug-likeness (QED) is 0.344. The Kier molecular flexibility index (Phi) is 8.42. The van der Waals surface area contributed by atoms with Crippen molar-refractivity contribution in [2.45, 2.75) is 44.9 Å². The van der Waals surface area contributed by atoms with Gasteiger partial charge in [-0.1, -0.05) is 56.8 Å². The summed E-state index contributed by atoms with van der Waals surface area (Å²) < 4.78 is 13.1. The van der Waals surface area contributed by atoms with E-state index >= 15 is 0 Å². The molecular weight excluding hydrogens is 499 g/mol. The predicted octanol–water partition coefficient (Wildman–Crippen LogP) is 3.05. The molecule has 2 amide bonds. The van der Waals surface area contributed by atoms with Crippen molar-refractivity contribution in [1.29, 1.82) is 0 Å². The summed E-state index contributed by atoms with van der Waals surface area (Å²) in [7, 11) is 0. The molecule has 11 heteroatoms. The average Bonchev–Trinajstić information content (AvgIpc) is 2.83. The zero-order chi connectivity index (χ0) is 27.4. The fourth-order valence-electron chi connectivity index (χ4n) is 3.17. The third-order valence-corrected chi connectivity index (χ3v) is 6.05. The lowest BCUT2D eigenvalue weighted by Gasteiger charge is -2.23. The van der Waals surface area contributed by atoms with E-state index in [9.17, 15) is 29.0 Å². The first-order valence-electron chi connectivity index (χ1n) is 11.2. The lowest BCUT2D eigenvalue weighted by Crippen LogP contribution is -2.46. The van der Waals surface area contributed by atoms with E-state index in [1.807, 2.05) is 26.1 Å². The molecule has 1 heterocycles. The highest BCUT2D eigenvalue weighted by Gasteiger charge is 2.30. The Morgan fingerprint density at radius 3 is 2.16 bits per heavy atom. The number of halogens is 1. The molecule has 3 aromatic rings. The summed E-state index contributed by atoms with van der Waals surface area (Å²) in [5, 5.41) is 25.4. The van der Waals surface area contributed by atoms with Crippen molar-refractivity contribution in [2.24, 2.45) is 0 Å². The maximum Gasteiger partial charge on any atom is 0.275 e. The van der Waals surface area contributed by atoms with Gasteiger partial charge in [0.2, 0.25) is 5.12 Å². The molecule has 0 spiro atoms. The number of amides is 2. The van der Waals surface area contributed by atoms with E-state index in [4.69, 9.17) is 0 Å². The van der Waals surface area contributed by atoms with Gasteiger partial charge < -0.3 is 15.5 Å². The molecule has 0 fully saturated rings. The van der Waals surface area contributed by atoms with E-state index in [1.54, 1.807) is 13.0 Å². The number of benzene rings is 2. The molecule has 1 aromatic heterocycles. The number of aryl methyl sites for hydroxylation is 1. The van der Waals surface area contributed by atoms with Crippen molar-refractivity contribution in [3.05, 3.63) is 94.3 Å². The van der Waals surface area contributed by atoms with Crippen LogP contribution in [0.3, 0.4) is 0 Å². The summed E-state index contributed by atoms with van der Waals surface area (Å²) in [6.45, 7) is 7.43. The summed E-state index contributed by atoms with van der Waals surface area (Å²) in [5.74, 6) is -4.71. The Balaban J connectivity index is 1.66. The number of nitrogens with zero attached hydrogens (tertiary/aromatic N) is 2. The van der Waals surface area contributed by atoms with Gasteiger partial charge in [-0.15, -0.1) is 0 Å². The molecular formula is C26H27FN4O5S. The zero-order valence-corrected chi connectivity index (χ0v) is 21.5. The van der Waals surface area contributed by atoms with Gasteiger partial charge in [0.05, 0.1) is 0 Å². The number of nitrogens with one attached hydrogen (secondary N) is 2. The average molecular weight is 527 g/mol. The molecule has 9 nitrogen and oxygen atoms in total. The van der Waals surface area contributed by atoms with Crippen LogP contribution in [0.5, 0.6) is 0 Å². The number of carbonyl (C=O) groups is 3. The van der Waals surface area contributed by atoms with Crippen LogP contribution >= 0.6 is 11.8 Å². The second kappa shape index (κ2) is 11.2. The Labute approximate surface area is 217 Å². The van der Waals surface area contributed by atoms with Gasteiger partial charge in [0.25, 0.3) is 17.7 Å². The zero-order valence-electron chi connectivity index (χ0n) is 20.7. The molecule has 0 saturated heterocycles. The first-order chi connectivity index (χ1) is 17.2. The van der Waals surface area contributed by atoms with Crippen molar-refractivity contribution >= 4 is 28.7 Å². The second-order valence-electron chi connectivity index (χ2n) is 9.26. The largest absolute Gasteiger partial charge is 0.347 e. The van der Waals surface area contributed by atoms with Gasteiger partial charge in [-0.05, 0) is 36.2 Å². The summed E-state index contributed by atoms with van der Waals surface area (Å²) in [6.07, 6.45) is 0.996. The molecule has 0 unspecified atom stereocenters. The maximum atomic E-state index is 13.4. The number of rotatable bonds is 7. The molecule has 3 rings (SSSR count). The fourth-order valence-corrected chi connectivity index (χ4v) is 3.98. The number of aliphatic hydroxyl groups is 2. The van der Waals surface area contributed by atoms with Crippen molar-refractivity contribution in [3.63, 3.8) is 0 Å². The summed E-state index contributed by atoms with van der Waals surface area (Å²) in [5.41, 5.74) is 0.995. The van der Waals surface area contributed by atoms with Gasteiger partial charge in [0.15, 0.2) is 0 Å². The lowest BCUT2D eigenvalue weighted by molar-refractivity contribution is -0.185. The molecule has 0 aliphatic heterocycles. The summed E-state index contributed by atoms with van der Waals surface area (Å²) >= 11 is 1.14. The van der Waals surface area contributed by atoms with Gasteiger partial charge in [-0.3, -0.25) is 19.7 Å². The van der Waals surface area contributed by atoms with Crippen molar-refractivity contribution in [1.82, 2.24) is 20.6 Å². The van der Waals surface area contributed by atoms with Crippen LogP contribution < -0.4 is 10.6 Å². The van der Waals surface area contributed by atoms with Crippen LogP contribution in [0.15, 0.2) is 54.9 Å². The topological polar surface area (TPSA) is 142 Å². The SMILES string of the molecule is Cc1cc(CNC(=O)c2cc(C(=O)NC(O)(O)c3ccc(C(=O)SC(C)(C)C)cc3)ncn2)ccc1F. The van der Waals surface area contributed by atoms with E-state index in [0.29, 0.717) is 16.7 Å². The summed E-state index contributed by atoms with van der Waals surface area (Å²) in [4.78, 5) is 45.1. The minimum absolute atomic E-state index is 0.0835. The third kappa shape index (κ3) is 7.66. The van der Waals surface area contributed by atoms with Crippen LogP contribution in [0.2, 0.25) is 0 Å². The molecule has 0 atom stereocenters. The highest BCUT2D eigenvalue weighted by Crippen LogP contribution is 2.28. The highest BCUT2D eigenvalue weighted by molar-refractivity contribution is 8.15. The maximum absolute atomic E-state index is 13.4. The molecule has 2 aromatic carbocycles. The smallest absolute Gasteiger partial charge is 0.275 e. The minimum Gasteiger partial charge on any atom is -0.347 e. The molecule has 0 bridgehead atoms. The van der Waals surface area contributed by atoms with E-state index in [2.05, 4.69) is 15.3 Å². The Morgan fingerprint density at radius 1 is 0.946 bits per heavy atom. The summed E-state index contributed by atoms with van der Waals surface area (Å²) in [6, 6.07) is 11.0. The standard InChI is InChI=1S/C26H27FN4O5S/c1-15-11-16(5-10-19(15)27)13-28-22(32)20-12-21(30-14-29-20)23(33)31-26(35,36)18-8-6-17(7-9-18)24(34)37-25(2,3)4/h5-12,14,35-36H,13H2,1-4H3,(H,28,32)(H,31,33). The predicted molar refractivity (Wildman–Crippen MR) is 136 cm³/mol. The fraction of sp³-hybridized carbons (Fsp3) is 0.269. The number of aromatic nitrogens is 2. The van der Waals surface area contributed by atoms with Crippen LogP contribution in [0.4, 0.5) is 4.39 Å². The van der Waals surface area contributed by atoms with E-state index in [1.165, 1.54) is 36.4 Å². The molecule has 37 heavy (non-hydrogen) atoms. The Morgan fingerprint density at radius 2 is 1.57 bits per heavy atom. The Hall–Kier alpha value is -3.67. The molecule has 4 N–H and O–H groups in total. The van der Waals surface area contributed by atoms with Crippen molar-refractivity contribution in [3.8, 4) is 0 Å². The van der Waals surface area contributed by atoms with Crippen LogP contribution in [0.25, 0.3) is 0 Å². The van der Waals surface area contributed by atoms with Crippen molar-refractivity contribution in [2.75, 3.05) is 0 Å². The minimum atomic E-state index is -2.77. The van der Waals surface area contributed by atoms with Crippen LogP contribution in [-0.4, -0.2) is 41.9 Å². The number of hydrogen-bond donors (Lipinski definition) is 4. The van der Waals surface area contributed by atoms with E-state index < -0.39 is 17.7 Å². The first-order valence-corrected chi connectivity index (χ1v) is 12.0. The van der Waals surface area contributed by atoms with Crippen molar-refractivity contribution < 1.29 is 29.0 Å². The van der Waals surface area contributed by atoms with Crippen LogP contribution in [-0.2, 0) is 12.5 Å². The number of carbonyl (C=O) groups excluding carboxylic acids is 3. The molecule has 0 aliphatic carbocycles. The Bertz CT molecular complexity index is 1320. The molecule has 0 saturated carbocycles. The normalized spacial score (nSPS) is 11.6. The van der Waals surface area contributed by atoms with E-state index in [0.717, 1.165) is 24.2 Å². The van der Waals surface area contributed by atoms with Gasteiger partial charge in [0, 0.05) is 28.5 Å². The van der Waals surface area contributed by atoms with Crippen LogP contribution in [0, 0.1) is 12.7 Å². The van der Waals surface area contributed by atoms with Crippen LogP contribution in [0.1, 0.15) is 68.8 Å². The lowest BCUT2D eigenvalue weighted by atomic mass is 10.1. The molecule has 0 radical (unpaired) electrons. The van der Waals surface area contributed by atoms with E-state index in [-0.39, 0.29) is 39.2 Å². The number of thioether (sulfide) groups is 1. The highest BCUT2D eigenvalue weighted by atomic mass is 32.2.